The monoisotopic (exact) mass is 481 g/mol. The van der Waals surface area contributed by atoms with E-state index >= 15 is 0 Å². The van der Waals surface area contributed by atoms with E-state index in [1.165, 1.54) is 12.0 Å². The van der Waals surface area contributed by atoms with Crippen molar-refractivity contribution < 1.29 is 33.8 Å². The molecule has 0 spiro atoms. The standard InChI is InChI=1S/C27H32N2O6/c1-16-13-19-14-18(8-9-20(19)35-16)25(30)23-24(17-7-10-21(33-4)22(15-17)34-5)29(27(32)26(23)31)12-6-11-28(2)3/h7-10,14-16,24,30H,6,11-13H2,1-5H3/p+1/t16-,24-/m0/s1. The molecule has 35 heavy (non-hydrogen) atoms. The minimum absolute atomic E-state index is 0.0542. The highest BCUT2D eigenvalue weighted by molar-refractivity contribution is 6.46. The summed E-state index contributed by atoms with van der Waals surface area (Å²) in [6.45, 7) is 3.21. The van der Waals surface area contributed by atoms with Gasteiger partial charge in [-0.1, -0.05) is 6.07 Å². The maximum Gasteiger partial charge on any atom is 0.295 e. The van der Waals surface area contributed by atoms with E-state index in [0.717, 1.165) is 24.3 Å². The van der Waals surface area contributed by atoms with Gasteiger partial charge in [0.1, 0.15) is 17.6 Å². The molecule has 0 saturated carbocycles. The molecule has 2 heterocycles. The second kappa shape index (κ2) is 10.00. The first-order valence-corrected chi connectivity index (χ1v) is 11.8. The van der Waals surface area contributed by atoms with Crippen molar-refractivity contribution >= 4 is 17.4 Å². The van der Waals surface area contributed by atoms with Gasteiger partial charge in [0, 0.05) is 24.9 Å². The van der Waals surface area contributed by atoms with Crippen molar-refractivity contribution in [3.8, 4) is 17.2 Å². The lowest BCUT2D eigenvalue weighted by molar-refractivity contribution is -0.858. The number of likely N-dealkylation sites (tertiary alicyclic amines) is 1. The van der Waals surface area contributed by atoms with Gasteiger partial charge in [-0.05, 0) is 48.4 Å². The molecule has 1 amide bonds. The summed E-state index contributed by atoms with van der Waals surface area (Å²) in [5, 5.41) is 11.4. The molecule has 2 atom stereocenters. The van der Waals surface area contributed by atoms with E-state index < -0.39 is 17.7 Å². The van der Waals surface area contributed by atoms with Crippen LogP contribution in [0.25, 0.3) is 5.76 Å². The maximum atomic E-state index is 13.3. The van der Waals surface area contributed by atoms with E-state index in [-0.39, 0.29) is 17.4 Å². The van der Waals surface area contributed by atoms with E-state index in [2.05, 4.69) is 0 Å². The molecule has 0 aliphatic carbocycles. The van der Waals surface area contributed by atoms with Crippen LogP contribution in [-0.2, 0) is 16.0 Å². The van der Waals surface area contributed by atoms with Gasteiger partial charge >= 0.3 is 0 Å². The lowest BCUT2D eigenvalue weighted by Gasteiger charge is -2.26. The average Bonchev–Trinajstić information content (AvgIpc) is 3.33. The van der Waals surface area contributed by atoms with E-state index in [9.17, 15) is 14.7 Å². The van der Waals surface area contributed by atoms with Gasteiger partial charge in [0.05, 0.1) is 46.5 Å². The topological polar surface area (TPSA) is 89.7 Å². The highest BCUT2D eigenvalue weighted by Crippen LogP contribution is 2.42. The molecule has 186 valence electrons. The van der Waals surface area contributed by atoms with Crippen molar-refractivity contribution in [1.29, 1.82) is 0 Å². The van der Waals surface area contributed by atoms with Gasteiger partial charge in [-0.15, -0.1) is 0 Å². The molecule has 2 aliphatic heterocycles. The quantitative estimate of drug-likeness (QED) is 0.341. The van der Waals surface area contributed by atoms with Gasteiger partial charge in [-0.25, -0.2) is 0 Å². The number of quaternary nitrogens is 1. The van der Waals surface area contributed by atoms with Crippen LogP contribution in [0.3, 0.4) is 0 Å². The maximum absolute atomic E-state index is 13.3. The molecule has 0 aromatic heterocycles. The molecule has 2 aromatic carbocycles. The average molecular weight is 482 g/mol. The number of aliphatic hydroxyl groups excluding tert-OH is 1. The van der Waals surface area contributed by atoms with Crippen LogP contribution in [0.2, 0.25) is 0 Å². The highest BCUT2D eigenvalue weighted by atomic mass is 16.5. The number of benzene rings is 2. The van der Waals surface area contributed by atoms with Crippen LogP contribution < -0.4 is 19.1 Å². The molecule has 1 saturated heterocycles. The van der Waals surface area contributed by atoms with Crippen molar-refractivity contribution in [2.75, 3.05) is 41.4 Å². The second-order valence-corrected chi connectivity index (χ2v) is 9.37. The fraction of sp³-hybridized carbons (Fsp3) is 0.407. The number of methoxy groups -OCH3 is 2. The lowest BCUT2D eigenvalue weighted by atomic mass is 9.94. The molecular formula is C27H33N2O6+. The Morgan fingerprint density at radius 1 is 1.11 bits per heavy atom. The van der Waals surface area contributed by atoms with Crippen molar-refractivity contribution in [2.45, 2.75) is 31.9 Å². The summed E-state index contributed by atoms with van der Waals surface area (Å²) in [6.07, 6.45) is 1.49. The van der Waals surface area contributed by atoms with Gasteiger partial charge in [-0.2, -0.15) is 0 Å². The van der Waals surface area contributed by atoms with Crippen LogP contribution in [-0.4, -0.2) is 69.2 Å². The first kappa shape index (κ1) is 24.6. The molecule has 4 rings (SSSR count). The second-order valence-electron chi connectivity index (χ2n) is 9.37. The van der Waals surface area contributed by atoms with Gasteiger partial charge in [0.15, 0.2) is 11.5 Å². The van der Waals surface area contributed by atoms with Gasteiger partial charge in [0.25, 0.3) is 11.7 Å². The molecule has 1 fully saturated rings. The van der Waals surface area contributed by atoms with Crippen LogP contribution in [0, 0.1) is 0 Å². The predicted molar refractivity (Wildman–Crippen MR) is 131 cm³/mol. The fourth-order valence-electron chi connectivity index (χ4n) is 4.81. The fourth-order valence-corrected chi connectivity index (χ4v) is 4.81. The van der Waals surface area contributed by atoms with Crippen molar-refractivity contribution in [2.24, 2.45) is 0 Å². The molecule has 2 N–H and O–H groups in total. The van der Waals surface area contributed by atoms with Crippen molar-refractivity contribution in [3.63, 3.8) is 0 Å². The third kappa shape index (κ3) is 4.71. The Kier molecular flexibility index (Phi) is 7.03. The first-order chi connectivity index (χ1) is 16.7. The third-order valence-electron chi connectivity index (χ3n) is 6.51. The number of nitrogens with one attached hydrogen (secondary N) is 1. The Labute approximate surface area is 205 Å². The van der Waals surface area contributed by atoms with Crippen LogP contribution in [0.1, 0.15) is 36.1 Å². The number of hydrogen-bond donors (Lipinski definition) is 2. The molecule has 0 radical (unpaired) electrons. The Morgan fingerprint density at radius 3 is 2.54 bits per heavy atom. The zero-order chi connectivity index (χ0) is 25.3. The highest BCUT2D eigenvalue weighted by Gasteiger charge is 2.46. The Morgan fingerprint density at radius 2 is 1.86 bits per heavy atom. The number of hydrogen-bond acceptors (Lipinski definition) is 6. The number of Topliss-reactive ketones (excluding diaryl/α,β-unsaturated/α-hetero) is 1. The molecule has 0 unspecified atom stereocenters. The summed E-state index contributed by atoms with van der Waals surface area (Å²) in [7, 11) is 7.16. The molecular weight excluding hydrogens is 448 g/mol. The van der Waals surface area contributed by atoms with Crippen LogP contribution >= 0.6 is 0 Å². The van der Waals surface area contributed by atoms with Crippen LogP contribution in [0.15, 0.2) is 42.0 Å². The molecule has 0 bridgehead atoms. The molecule has 2 aromatic rings. The number of ether oxygens (including phenoxy) is 3. The number of carbonyl (C=O) groups is 2. The number of ketones is 1. The zero-order valence-corrected chi connectivity index (χ0v) is 20.9. The molecule has 8 nitrogen and oxygen atoms in total. The SMILES string of the molecule is COc1ccc([C@H]2C(=C(O)c3ccc4c(c3)C[C@H](C)O4)C(=O)C(=O)N2CCC[NH+](C)C)cc1OC. The number of aliphatic hydroxyl groups is 1. The summed E-state index contributed by atoms with van der Waals surface area (Å²) in [5.74, 6) is 0.306. The minimum atomic E-state index is -0.740. The number of amides is 1. The summed E-state index contributed by atoms with van der Waals surface area (Å²) < 4.78 is 16.6. The largest absolute Gasteiger partial charge is 0.507 e. The van der Waals surface area contributed by atoms with Gasteiger partial charge < -0.3 is 29.1 Å². The summed E-state index contributed by atoms with van der Waals surface area (Å²) >= 11 is 0. The number of carbonyl (C=O) groups excluding carboxylic acids is 2. The van der Waals surface area contributed by atoms with E-state index in [1.807, 2.05) is 27.1 Å². The summed E-state index contributed by atoms with van der Waals surface area (Å²) in [5.41, 5.74) is 2.19. The van der Waals surface area contributed by atoms with E-state index in [4.69, 9.17) is 14.2 Å². The van der Waals surface area contributed by atoms with Crippen LogP contribution in [0.4, 0.5) is 0 Å². The normalized spacial score (nSPS) is 20.8. The van der Waals surface area contributed by atoms with E-state index in [1.54, 1.807) is 42.3 Å². The Hall–Kier alpha value is -3.52. The van der Waals surface area contributed by atoms with Crippen molar-refractivity contribution in [1.82, 2.24) is 4.90 Å². The minimum Gasteiger partial charge on any atom is -0.507 e. The predicted octanol–water partition coefficient (Wildman–Crippen LogP) is 1.98. The van der Waals surface area contributed by atoms with Gasteiger partial charge in [0.2, 0.25) is 0 Å². The Bertz CT molecular complexity index is 1170. The summed E-state index contributed by atoms with van der Waals surface area (Å²) in [6, 6.07) is 9.92. The van der Waals surface area contributed by atoms with Crippen LogP contribution in [0.5, 0.6) is 17.2 Å². The zero-order valence-electron chi connectivity index (χ0n) is 20.9. The van der Waals surface area contributed by atoms with Gasteiger partial charge in [-0.3, -0.25) is 9.59 Å². The summed E-state index contributed by atoms with van der Waals surface area (Å²) in [4.78, 5) is 29.2. The molecule has 8 heteroatoms. The molecule has 2 aliphatic rings. The first-order valence-electron chi connectivity index (χ1n) is 11.8. The lowest BCUT2D eigenvalue weighted by Crippen LogP contribution is -3.05. The smallest absolute Gasteiger partial charge is 0.295 e. The number of rotatable bonds is 8. The van der Waals surface area contributed by atoms with E-state index in [0.29, 0.717) is 35.6 Å². The number of fused-ring (bicyclic) bond motifs is 1. The third-order valence-corrected chi connectivity index (χ3v) is 6.51. The number of nitrogens with zero attached hydrogens (tertiary/aromatic N) is 1. The van der Waals surface area contributed by atoms with Crippen molar-refractivity contribution in [3.05, 3.63) is 58.7 Å². The Balaban J connectivity index is 1.81.